The number of benzene rings is 2. The second-order valence-corrected chi connectivity index (χ2v) is 14.3. The molecule has 8 nitrogen and oxygen atoms in total. The number of amides is 2. The zero-order chi connectivity index (χ0) is 36.4. The molecule has 0 unspecified atom stereocenters. The summed E-state index contributed by atoms with van der Waals surface area (Å²) in [5, 5.41) is 1.52. The van der Waals surface area contributed by atoms with Gasteiger partial charge >= 0.3 is 12.2 Å². The first kappa shape index (κ1) is 52.0. The largest absolute Gasteiger partial charge is 0.444 e. The summed E-state index contributed by atoms with van der Waals surface area (Å²) in [6.07, 6.45) is 5.26. The number of halogens is 4. The van der Waals surface area contributed by atoms with Crippen LogP contribution in [0.1, 0.15) is 72.9 Å². The van der Waals surface area contributed by atoms with E-state index >= 15 is 0 Å². The number of carbonyl (C=O) groups is 3. The maximum atomic E-state index is 12.6. The van der Waals surface area contributed by atoms with Crippen molar-refractivity contribution in [2.45, 2.75) is 84.1 Å². The highest BCUT2D eigenvalue weighted by molar-refractivity contribution is 7.59. The molecule has 0 spiro atoms. The van der Waals surface area contributed by atoms with Gasteiger partial charge in [0, 0.05) is 27.4 Å². The molecule has 0 aliphatic heterocycles. The van der Waals surface area contributed by atoms with Gasteiger partial charge in [0.15, 0.2) is 6.29 Å². The number of ether oxygens (including phenoxy) is 2. The summed E-state index contributed by atoms with van der Waals surface area (Å²) in [7, 11) is 4.83. The summed E-state index contributed by atoms with van der Waals surface area (Å²) in [4.78, 5) is 43.9. The molecule has 2 amide bonds. The monoisotopic (exact) mass is 811 g/mol. The summed E-state index contributed by atoms with van der Waals surface area (Å²) < 4.78 is 10.9. The van der Waals surface area contributed by atoms with Crippen LogP contribution >= 0.6 is 73.4 Å². The molecule has 0 saturated heterocycles. The Morgan fingerprint density at radius 2 is 1.06 bits per heavy atom. The number of nitrogens with zero attached hydrogens (tertiary/aromatic N) is 3. The molecule has 0 heterocycles. The SMILES string of the molecule is C.C=CC[C@@](C=NC)(c1ccc(Cl)c(Cl)c1)N(C)C(=O)OC(C)(C)C.C=CC[C@@](C=O)(c1ccc(Cl)c(Cl)c1)N(C)C(=O)OC(C)(C)C.S.S. The molecule has 0 saturated carbocycles. The lowest BCUT2D eigenvalue weighted by Crippen LogP contribution is -2.50. The van der Waals surface area contributed by atoms with Crippen LogP contribution < -0.4 is 0 Å². The van der Waals surface area contributed by atoms with Crippen molar-refractivity contribution < 1.29 is 23.9 Å². The normalized spacial score (nSPS) is 13.2. The molecular formula is C36H53Cl4N3O5S2. The van der Waals surface area contributed by atoms with Crippen molar-refractivity contribution in [2.24, 2.45) is 4.99 Å². The van der Waals surface area contributed by atoms with Crippen LogP contribution in [0.4, 0.5) is 9.59 Å². The molecule has 0 bridgehead atoms. The van der Waals surface area contributed by atoms with Gasteiger partial charge in [-0.2, -0.15) is 27.0 Å². The average molecular weight is 814 g/mol. The molecule has 0 fully saturated rings. The Bertz CT molecular complexity index is 1480. The lowest BCUT2D eigenvalue weighted by Gasteiger charge is -2.39. The zero-order valence-corrected chi connectivity index (χ0v) is 34.5. The highest BCUT2D eigenvalue weighted by Crippen LogP contribution is 2.36. The standard InChI is InChI=1S/C18H24Cl2N2O2.C17H21Cl2NO3.CH4.2H2S/c1-7-10-18(12-21-5,13-8-9-14(19)15(20)11-13)22(6)16(23)24-17(2,3)4;1-6-9-17(11-21,12-7-8-13(18)14(19)10-12)20(5)15(22)23-16(2,3)4;;;/h7-9,11-12H,1,10H2,2-6H3;6-8,10-11H,1,9H2,2-5H3;1H4;2*1H2/t18-;17-;;;/m11.../s1. The summed E-state index contributed by atoms with van der Waals surface area (Å²) >= 11 is 24.2. The van der Waals surface area contributed by atoms with E-state index in [1.807, 2.05) is 26.8 Å². The molecule has 50 heavy (non-hydrogen) atoms. The van der Waals surface area contributed by atoms with Gasteiger partial charge in [-0.1, -0.05) is 78.1 Å². The van der Waals surface area contributed by atoms with E-state index in [2.05, 4.69) is 18.2 Å². The van der Waals surface area contributed by atoms with Crippen molar-refractivity contribution in [3.05, 3.63) is 92.9 Å². The molecule has 2 rings (SSSR count). The maximum Gasteiger partial charge on any atom is 0.411 e. The van der Waals surface area contributed by atoms with E-state index in [1.54, 1.807) is 83.6 Å². The van der Waals surface area contributed by atoms with Crippen LogP contribution in [0.2, 0.25) is 20.1 Å². The van der Waals surface area contributed by atoms with Crippen molar-refractivity contribution in [1.82, 2.24) is 9.80 Å². The Morgan fingerprint density at radius 3 is 1.36 bits per heavy atom. The molecule has 2 aromatic carbocycles. The molecule has 0 radical (unpaired) electrons. The summed E-state index contributed by atoms with van der Waals surface area (Å²) in [5.74, 6) is 0. The van der Waals surface area contributed by atoms with Crippen molar-refractivity contribution in [3.63, 3.8) is 0 Å². The van der Waals surface area contributed by atoms with Crippen LogP contribution in [0.25, 0.3) is 0 Å². The van der Waals surface area contributed by atoms with E-state index in [4.69, 9.17) is 55.9 Å². The van der Waals surface area contributed by atoms with Crippen LogP contribution in [0.3, 0.4) is 0 Å². The third kappa shape index (κ3) is 14.0. The second kappa shape index (κ2) is 21.9. The van der Waals surface area contributed by atoms with Gasteiger partial charge in [0.1, 0.15) is 22.3 Å². The van der Waals surface area contributed by atoms with E-state index in [0.29, 0.717) is 38.4 Å². The first-order valence-corrected chi connectivity index (χ1v) is 16.1. The zero-order valence-electron chi connectivity index (χ0n) is 29.5. The molecule has 0 N–H and O–H groups in total. The molecule has 14 heteroatoms. The van der Waals surface area contributed by atoms with Gasteiger partial charge in [0.05, 0.1) is 20.1 Å². The minimum atomic E-state index is -1.27. The van der Waals surface area contributed by atoms with E-state index in [9.17, 15) is 14.4 Å². The number of hydrogen-bond donors (Lipinski definition) is 0. The lowest BCUT2D eigenvalue weighted by atomic mass is 9.86. The molecule has 0 aliphatic rings. The van der Waals surface area contributed by atoms with Crippen LogP contribution in [0, 0.1) is 0 Å². The second-order valence-electron chi connectivity index (χ2n) is 12.7. The third-order valence-electron chi connectivity index (χ3n) is 6.82. The van der Waals surface area contributed by atoms with Crippen molar-refractivity contribution in [1.29, 1.82) is 0 Å². The number of carbonyl (C=O) groups excluding carboxylic acids is 3. The number of rotatable bonds is 10. The molecule has 0 aromatic heterocycles. The summed E-state index contributed by atoms with van der Waals surface area (Å²) in [6, 6.07) is 10.1. The van der Waals surface area contributed by atoms with Gasteiger partial charge in [-0.25, -0.2) is 9.59 Å². The quantitative estimate of drug-likeness (QED) is 0.135. The fraction of sp³-hybridized carbons (Fsp3) is 0.444. The summed E-state index contributed by atoms with van der Waals surface area (Å²) in [5.41, 5.74) is -2.10. The number of aliphatic imine (C=N–C) groups is 1. The molecular weight excluding hydrogens is 760 g/mol. The first-order valence-electron chi connectivity index (χ1n) is 14.6. The minimum Gasteiger partial charge on any atom is -0.444 e. The highest BCUT2D eigenvalue weighted by atomic mass is 35.5. The summed E-state index contributed by atoms with van der Waals surface area (Å²) in [6.45, 7) is 18.2. The Morgan fingerprint density at radius 1 is 0.720 bits per heavy atom. The lowest BCUT2D eigenvalue weighted by molar-refractivity contribution is -0.118. The van der Waals surface area contributed by atoms with Crippen molar-refractivity contribution in [2.75, 3.05) is 21.1 Å². The van der Waals surface area contributed by atoms with Gasteiger partial charge in [-0.15, -0.1) is 13.2 Å². The van der Waals surface area contributed by atoms with Crippen molar-refractivity contribution >= 4 is 98.1 Å². The molecule has 2 aromatic rings. The predicted octanol–water partition coefficient (Wildman–Crippen LogP) is 11.0. The van der Waals surface area contributed by atoms with E-state index in [1.165, 1.54) is 16.8 Å². The Kier molecular flexibility index (Phi) is 22.8. The van der Waals surface area contributed by atoms with Gasteiger partial charge in [0.25, 0.3) is 0 Å². The van der Waals surface area contributed by atoms with Crippen molar-refractivity contribution in [3.8, 4) is 0 Å². The van der Waals surface area contributed by atoms with Gasteiger partial charge in [-0.3, -0.25) is 14.8 Å². The Hall–Kier alpha value is -2.34. The minimum absolute atomic E-state index is 0. The number of hydrogen-bond acceptors (Lipinski definition) is 6. The Balaban J connectivity index is -0.000000834. The van der Waals surface area contributed by atoms with Crippen LogP contribution in [-0.2, 0) is 25.3 Å². The number of likely N-dealkylation sites (N-methyl/N-ethyl adjacent to an activating group) is 1. The van der Waals surface area contributed by atoms with Gasteiger partial charge in [0.2, 0.25) is 0 Å². The van der Waals surface area contributed by atoms with E-state index < -0.39 is 34.5 Å². The maximum absolute atomic E-state index is 12.6. The molecule has 282 valence electrons. The molecule has 2 atom stereocenters. The van der Waals surface area contributed by atoms with Gasteiger partial charge in [-0.05, 0) is 89.8 Å². The topological polar surface area (TPSA) is 88.5 Å². The third-order valence-corrected chi connectivity index (χ3v) is 8.30. The highest BCUT2D eigenvalue weighted by Gasteiger charge is 2.41. The number of aldehydes is 1. The van der Waals surface area contributed by atoms with E-state index in [-0.39, 0.29) is 40.8 Å². The van der Waals surface area contributed by atoms with Gasteiger partial charge < -0.3 is 14.3 Å². The fourth-order valence-corrected chi connectivity index (χ4v) is 5.07. The smallest absolute Gasteiger partial charge is 0.411 e. The van der Waals surface area contributed by atoms with Crippen LogP contribution in [0.5, 0.6) is 0 Å². The molecule has 0 aliphatic carbocycles. The van der Waals surface area contributed by atoms with Crippen LogP contribution in [0.15, 0.2) is 66.7 Å². The average Bonchev–Trinajstić information content (AvgIpc) is 2.96. The fourth-order valence-electron chi connectivity index (χ4n) is 4.48. The predicted molar refractivity (Wildman–Crippen MR) is 222 cm³/mol. The first-order chi connectivity index (χ1) is 21.6. The van der Waals surface area contributed by atoms with E-state index in [0.717, 1.165) is 5.56 Å². The Labute approximate surface area is 333 Å². The van der Waals surface area contributed by atoms with Crippen LogP contribution in [-0.4, -0.2) is 66.8 Å².